The SMILES string of the molecule is N#Cc1cccc(S(=O)(=O)N2CCN(Cc3nc4ccccc4s3)CC2)c1. The van der Waals surface area contributed by atoms with Crippen LogP contribution in [0.1, 0.15) is 10.6 Å². The molecule has 4 rings (SSSR count). The minimum Gasteiger partial charge on any atom is -0.294 e. The second-order valence-electron chi connectivity index (χ2n) is 6.40. The number of fused-ring (bicyclic) bond motifs is 1. The van der Waals surface area contributed by atoms with Gasteiger partial charge < -0.3 is 0 Å². The first-order chi connectivity index (χ1) is 13.1. The maximum atomic E-state index is 12.8. The number of hydrogen-bond donors (Lipinski definition) is 0. The molecule has 0 bridgehead atoms. The van der Waals surface area contributed by atoms with Gasteiger partial charge >= 0.3 is 0 Å². The lowest BCUT2D eigenvalue weighted by Gasteiger charge is -2.33. The van der Waals surface area contributed by atoms with Gasteiger partial charge in [0, 0.05) is 26.2 Å². The van der Waals surface area contributed by atoms with Gasteiger partial charge in [0.2, 0.25) is 10.0 Å². The summed E-state index contributed by atoms with van der Waals surface area (Å²) in [5, 5.41) is 10.0. The summed E-state index contributed by atoms with van der Waals surface area (Å²) in [6.45, 7) is 2.92. The molecule has 1 aromatic heterocycles. The molecule has 1 saturated heterocycles. The van der Waals surface area contributed by atoms with E-state index in [2.05, 4.69) is 16.0 Å². The summed E-state index contributed by atoms with van der Waals surface area (Å²) in [6.07, 6.45) is 0. The van der Waals surface area contributed by atoms with Gasteiger partial charge in [0.1, 0.15) is 5.01 Å². The Labute approximate surface area is 162 Å². The summed E-state index contributed by atoms with van der Waals surface area (Å²) in [5.41, 5.74) is 1.36. The van der Waals surface area contributed by atoms with Crippen molar-refractivity contribution in [3.8, 4) is 6.07 Å². The van der Waals surface area contributed by atoms with Crippen molar-refractivity contribution in [2.24, 2.45) is 0 Å². The van der Waals surface area contributed by atoms with Gasteiger partial charge in [0.05, 0.1) is 33.3 Å². The molecule has 3 aromatic rings. The largest absolute Gasteiger partial charge is 0.294 e. The molecule has 0 amide bonds. The van der Waals surface area contributed by atoms with E-state index >= 15 is 0 Å². The van der Waals surface area contributed by atoms with Gasteiger partial charge in [-0.3, -0.25) is 4.90 Å². The highest BCUT2D eigenvalue weighted by atomic mass is 32.2. The Morgan fingerprint density at radius 1 is 1.07 bits per heavy atom. The van der Waals surface area contributed by atoms with Crippen LogP contribution in [0.3, 0.4) is 0 Å². The van der Waals surface area contributed by atoms with Crippen molar-refractivity contribution < 1.29 is 8.42 Å². The second-order valence-corrected chi connectivity index (χ2v) is 9.45. The summed E-state index contributed by atoms with van der Waals surface area (Å²) in [7, 11) is -3.57. The van der Waals surface area contributed by atoms with Gasteiger partial charge in [-0.25, -0.2) is 13.4 Å². The quantitative estimate of drug-likeness (QED) is 0.675. The average Bonchev–Trinajstić information content (AvgIpc) is 3.10. The summed E-state index contributed by atoms with van der Waals surface area (Å²) in [4.78, 5) is 7.07. The number of hydrogen-bond acceptors (Lipinski definition) is 6. The summed E-state index contributed by atoms with van der Waals surface area (Å²) in [5.74, 6) is 0. The highest BCUT2D eigenvalue weighted by Crippen LogP contribution is 2.24. The van der Waals surface area contributed by atoms with E-state index in [-0.39, 0.29) is 4.90 Å². The minimum atomic E-state index is -3.57. The zero-order valence-electron chi connectivity index (χ0n) is 14.6. The lowest BCUT2D eigenvalue weighted by molar-refractivity contribution is 0.181. The van der Waals surface area contributed by atoms with E-state index in [1.54, 1.807) is 29.5 Å². The van der Waals surface area contributed by atoms with Gasteiger partial charge in [-0.05, 0) is 30.3 Å². The summed E-state index contributed by atoms with van der Waals surface area (Å²) < 4.78 is 28.3. The predicted molar refractivity (Wildman–Crippen MR) is 105 cm³/mol. The fourth-order valence-corrected chi connectivity index (χ4v) is 5.66. The molecule has 0 unspecified atom stereocenters. The Kier molecular flexibility index (Phi) is 4.93. The van der Waals surface area contributed by atoms with Crippen molar-refractivity contribution in [3.63, 3.8) is 0 Å². The monoisotopic (exact) mass is 398 g/mol. The van der Waals surface area contributed by atoms with Crippen LogP contribution in [0.2, 0.25) is 0 Å². The Morgan fingerprint density at radius 3 is 2.59 bits per heavy atom. The molecule has 0 radical (unpaired) electrons. The number of rotatable bonds is 4. The van der Waals surface area contributed by atoms with Crippen LogP contribution in [-0.2, 0) is 16.6 Å². The summed E-state index contributed by atoms with van der Waals surface area (Å²) >= 11 is 1.68. The number of aromatic nitrogens is 1. The van der Waals surface area contributed by atoms with Crippen LogP contribution in [0.25, 0.3) is 10.2 Å². The number of para-hydroxylation sites is 1. The lowest BCUT2D eigenvalue weighted by Crippen LogP contribution is -2.48. The van der Waals surface area contributed by atoms with Crippen LogP contribution in [-0.4, -0.2) is 48.8 Å². The van der Waals surface area contributed by atoms with E-state index in [4.69, 9.17) is 5.26 Å². The second kappa shape index (κ2) is 7.37. The number of sulfonamides is 1. The van der Waals surface area contributed by atoms with Crippen LogP contribution < -0.4 is 0 Å². The van der Waals surface area contributed by atoms with Gasteiger partial charge in [0.15, 0.2) is 0 Å². The molecular weight excluding hydrogens is 380 g/mol. The number of thiazole rings is 1. The van der Waals surface area contributed by atoms with E-state index in [0.29, 0.717) is 31.7 Å². The standard InChI is InChI=1S/C19H18N4O2S2/c20-13-15-4-3-5-16(12-15)27(24,25)23-10-8-22(9-11-23)14-19-21-17-6-1-2-7-18(17)26-19/h1-7,12H,8-11,14H2. The fourth-order valence-electron chi connectivity index (χ4n) is 3.18. The van der Waals surface area contributed by atoms with Crippen LogP contribution in [0.5, 0.6) is 0 Å². The molecule has 6 nitrogen and oxygen atoms in total. The minimum absolute atomic E-state index is 0.182. The number of benzene rings is 2. The maximum absolute atomic E-state index is 12.8. The number of nitriles is 1. The molecule has 0 aliphatic carbocycles. The van der Waals surface area contributed by atoms with Crippen LogP contribution in [0, 0.1) is 11.3 Å². The first-order valence-corrected chi connectivity index (χ1v) is 10.9. The molecular formula is C19H18N4O2S2. The maximum Gasteiger partial charge on any atom is 0.243 e. The number of piperazine rings is 1. The smallest absolute Gasteiger partial charge is 0.243 e. The van der Waals surface area contributed by atoms with Crippen LogP contribution in [0.4, 0.5) is 0 Å². The Hall–Kier alpha value is -2.31. The molecule has 2 heterocycles. The Bertz CT molecular complexity index is 1080. The van der Waals surface area contributed by atoms with E-state index in [9.17, 15) is 8.42 Å². The molecule has 1 aliphatic heterocycles. The van der Waals surface area contributed by atoms with Crippen LogP contribution in [0.15, 0.2) is 53.4 Å². The van der Waals surface area contributed by atoms with Crippen molar-refractivity contribution in [1.29, 1.82) is 5.26 Å². The Morgan fingerprint density at radius 2 is 1.85 bits per heavy atom. The molecule has 0 spiro atoms. The zero-order valence-corrected chi connectivity index (χ0v) is 16.2. The highest BCUT2D eigenvalue weighted by molar-refractivity contribution is 7.89. The third kappa shape index (κ3) is 3.73. The van der Waals surface area contributed by atoms with E-state index in [0.717, 1.165) is 17.1 Å². The molecule has 0 atom stereocenters. The topological polar surface area (TPSA) is 77.3 Å². The van der Waals surface area contributed by atoms with Gasteiger partial charge in [-0.2, -0.15) is 9.57 Å². The van der Waals surface area contributed by atoms with E-state index in [1.807, 2.05) is 24.3 Å². The third-order valence-corrected chi connectivity index (χ3v) is 7.54. The van der Waals surface area contributed by atoms with Crippen molar-refractivity contribution >= 4 is 31.6 Å². The van der Waals surface area contributed by atoms with Gasteiger partial charge in [-0.1, -0.05) is 18.2 Å². The Balaban J connectivity index is 1.43. The molecule has 2 aromatic carbocycles. The van der Waals surface area contributed by atoms with E-state index < -0.39 is 10.0 Å². The molecule has 1 aliphatic rings. The van der Waals surface area contributed by atoms with E-state index in [1.165, 1.54) is 15.1 Å². The first kappa shape index (κ1) is 18.1. The predicted octanol–water partition coefficient (Wildman–Crippen LogP) is 2.67. The molecule has 138 valence electrons. The van der Waals surface area contributed by atoms with Crippen molar-refractivity contribution in [2.75, 3.05) is 26.2 Å². The fraction of sp³-hybridized carbons (Fsp3) is 0.263. The summed E-state index contributed by atoms with van der Waals surface area (Å²) in [6, 6.07) is 16.2. The lowest BCUT2D eigenvalue weighted by atomic mass is 10.2. The average molecular weight is 399 g/mol. The zero-order chi connectivity index (χ0) is 18.9. The number of nitrogens with zero attached hydrogens (tertiary/aromatic N) is 4. The molecule has 1 fully saturated rings. The highest BCUT2D eigenvalue weighted by Gasteiger charge is 2.29. The van der Waals surface area contributed by atoms with Gasteiger partial charge in [0.25, 0.3) is 0 Å². The van der Waals surface area contributed by atoms with Crippen molar-refractivity contribution in [2.45, 2.75) is 11.4 Å². The first-order valence-electron chi connectivity index (χ1n) is 8.63. The van der Waals surface area contributed by atoms with Crippen molar-refractivity contribution in [3.05, 3.63) is 59.1 Å². The normalized spacial score (nSPS) is 16.4. The van der Waals surface area contributed by atoms with Gasteiger partial charge in [-0.15, -0.1) is 11.3 Å². The molecule has 27 heavy (non-hydrogen) atoms. The third-order valence-electron chi connectivity index (χ3n) is 4.63. The molecule has 0 saturated carbocycles. The van der Waals surface area contributed by atoms with Crippen molar-refractivity contribution in [1.82, 2.24) is 14.2 Å². The molecule has 0 N–H and O–H groups in total. The van der Waals surface area contributed by atoms with Crippen LogP contribution >= 0.6 is 11.3 Å². The molecule has 8 heteroatoms.